The first-order valence-electron chi connectivity index (χ1n) is 6.53. The van der Waals surface area contributed by atoms with Crippen molar-refractivity contribution in [2.24, 2.45) is 0 Å². The van der Waals surface area contributed by atoms with Gasteiger partial charge >= 0.3 is 0 Å². The largest absolute Gasteiger partial charge is 0.391 e. The summed E-state index contributed by atoms with van der Waals surface area (Å²) in [5.74, 6) is 0. The lowest BCUT2D eigenvalue weighted by Gasteiger charge is -2.22. The first-order valence-corrected chi connectivity index (χ1v) is 8.85. The highest BCUT2D eigenvalue weighted by Gasteiger charge is 2.28. The number of aliphatic hydroxyl groups is 1. The van der Waals surface area contributed by atoms with Gasteiger partial charge < -0.3 is 5.11 Å². The number of hydrogen-bond acceptors (Lipinski definition) is 4. The molecule has 0 unspecified atom stereocenters. The Balaban J connectivity index is 2.55. The molecule has 6 heteroatoms. The van der Waals surface area contributed by atoms with Gasteiger partial charge in [-0.1, -0.05) is 17.7 Å². The highest BCUT2D eigenvalue weighted by molar-refractivity contribution is 7.93. The van der Waals surface area contributed by atoms with Crippen LogP contribution in [0.1, 0.15) is 21.6 Å². The molecule has 1 aromatic carbocycles. The number of aliphatic hydroxyl groups excluding tert-OH is 1. The maximum absolute atomic E-state index is 12.9. The van der Waals surface area contributed by atoms with Gasteiger partial charge in [-0.25, -0.2) is 8.42 Å². The molecule has 21 heavy (non-hydrogen) atoms. The highest BCUT2D eigenvalue weighted by atomic mass is 32.2. The second-order valence-corrected chi connectivity index (χ2v) is 7.96. The van der Waals surface area contributed by atoms with E-state index in [9.17, 15) is 13.5 Å². The third kappa shape index (κ3) is 2.84. The molecule has 4 nitrogen and oxygen atoms in total. The predicted molar refractivity (Wildman–Crippen MR) is 86.5 cm³/mol. The summed E-state index contributed by atoms with van der Waals surface area (Å²) < 4.78 is 27.0. The number of anilines is 1. The van der Waals surface area contributed by atoms with Crippen LogP contribution < -0.4 is 4.31 Å². The summed E-state index contributed by atoms with van der Waals surface area (Å²) >= 11 is 1.27. The zero-order chi connectivity index (χ0) is 15.8. The molecule has 2 aromatic rings. The Morgan fingerprint density at radius 1 is 1.19 bits per heavy atom. The summed E-state index contributed by atoms with van der Waals surface area (Å²) in [5, 5.41) is 11.1. The Bertz CT molecular complexity index is 763. The Labute approximate surface area is 129 Å². The van der Waals surface area contributed by atoms with Gasteiger partial charge in [-0.05, 0) is 43.3 Å². The van der Waals surface area contributed by atoms with E-state index in [1.54, 1.807) is 19.4 Å². The average Bonchev–Trinajstić information content (AvgIpc) is 2.79. The number of hydrogen-bond donors (Lipinski definition) is 1. The fourth-order valence-corrected chi connectivity index (χ4v) is 5.24. The summed E-state index contributed by atoms with van der Waals surface area (Å²) in [6.45, 7) is 5.34. The molecule has 1 N–H and O–H groups in total. The van der Waals surface area contributed by atoms with Crippen LogP contribution in [0.5, 0.6) is 0 Å². The fraction of sp³-hybridized carbons (Fsp3) is 0.333. The van der Waals surface area contributed by atoms with Gasteiger partial charge in [0.1, 0.15) is 4.90 Å². The Kier molecular flexibility index (Phi) is 4.41. The van der Waals surface area contributed by atoms with Crippen LogP contribution in [0.25, 0.3) is 0 Å². The Hall–Kier alpha value is -1.37. The molecular weight excluding hydrogens is 306 g/mol. The van der Waals surface area contributed by atoms with Crippen molar-refractivity contribution in [3.8, 4) is 0 Å². The molecule has 1 aromatic heterocycles. The van der Waals surface area contributed by atoms with Crippen molar-refractivity contribution in [3.05, 3.63) is 45.1 Å². The van der Waals surface area contributed by atoms with Crippen molar-refractivity contribution in [3.63, 3.8) is 0 Å². The van der Waals surface area contributed by atoms with Gasteiger partial charge in [0.2, 0.25) is 0 Å². The Morgan fingerprint density at radius 2 is 1.86 bits per heavy atom. The molecule has 0 fully saturated rings. The van der Waals surface area contributed by atoms with E-state index >= 15 is 0 Å². The zero-order valence-corrected chi connectivity index (χ0v) is 14.2. The lowest BCUT2D eigenvalue weighted by atomic mass is 10.1. The van der Waals surface area contributed by atoms with Gasteiger partial charge in [0, 0.05) is 7.05 Å². The quantitative estimate of drug-likeness (QED) is 0.940. The highest BCUT2D eigenvalue weighted by Crippen LogP contribution is 2.32. The van der Waals surface area contributed by atoms with Crippen LogP contribution in [0.15, 0.2) is 28.5 Å². The van der Waals surface area contributed by atoms with Crippen LogP contribution in [-0.4, -0.2) is 20.6 Å². The van der Waals surface area contributed by atoms with Crippen molar-refractivity contribution in [1.82, 2.24) is 0 Å². The number of rotatable bonds is 4. The molecule has 1 heterocycles. The molecule has 0 aliphatic heterocycles. The molecular formula is C15H19NO3S2. The van der Waals surface area contributed by atoms with Crippen LogP contribution in [0.3, 0.4) is 0 Å². The van der Waals surface area contributed by atoms with Crippen molar-refractivity contribution >= 4 is 27.0 Å². The normalized spacial score (nSPS) is 11.7. The molecule has 0 aliphatic carbocycles. The number of benzene rings is 1. The standard InChI is InChI=1S/C15H19NO3S2/c1-10-5-6-13(11(2)7-10)16(4)21(18,19)15-12(3)9-20-14(15)8-17/h5-7,9,17H,8H2,1-4H3. The van der Waals surface area contributed by atoms with E-state index < -0.39 is 10.0 Å². The van der Waals surface area contributed by atoms with Crippen molar-refractivity contribution < 1.29 is 13.5 Å². The summed E-state index contributed by atoms with van der Waals surface area (Å²) in [5.41, 5.74) is 3.31. The van der Waals surface area contributed by atoms with E-state index in [0.29, 0.717) is 16.1 Å². The maximum Gasteiger partial charge on any atom is 0.265 e. The van der Waals surface area contributed by atoms with Crippen molar-refractivity contribution in [2.45, 2.75) is 32.3 Å². The van der Waals surface area contributed by atoms with E-state index in [4.69, 9.17) is 0 Å². The van der Waals surface area contributed by atoms with E-state index in [1.165, 1.54) is 15.6 Å². The molecule has 0 atom stereocenters. The predicted octanol–water partition coefficient (Wildman–Crippen LogP) is 2.99. The van der Waals surface area contributed by atoms with E-state index in [0.717, 1.165) is 11.1 Å². The van der Waals surface area contributed by atoms with Gasteiger partial charge in [-0.3, -0.25) is 4.31 Å². The lowest BCUT2D eigenvalue weighted by Crippen LogP contribution is -2.28. The number of nitrogens with zero attached hydrogens (tertiary/aromatic N) is 1. The molecule has 0 radical (unpaired) electrons. The van der Waals surface area contributed by atoms with E-state index in [1.807, 2.05) is 32.0 Å². The number of aryl methyl sites for hydroxylation is 3. The van der Waals surface area contributed by atoms with Gasteiger partial charge in [-0.15, -0.1) is 11.3 Å². The van der Waals surface area contributed by atoms with Crippen LogP contribution in [0, 0.1) is 20.8 Å². The average molecular weight is 325 g/mol. The number of sulfonamides is 1. The summed E-state index contributed by atoms with van der Waals surface area (Å²) in [4.78, 5) is 0.696. The fourth-order valence-electron chi connectivity index (χ4n) is 2.37. The van der Waals surface area contributed by atoms with Crippen LogP contribution in [0.2, 0.25) is 0 Å². The van der Waals surface area contributed by atoms with Crippen LogP contribution in [-0.2, 0) is 16.6 Å². The second kappa shape index (κ2) is 5.79. The van der Waals surface area contributed by atoms with Crippen molar-refractivity contribution in [1.29, 1.82) is 0 Å². The SMILES string of the molecule is Cc1ccc(N(C)S(=O)(=O)c2c(C)csc2CO)c(C)c1. The third-order valence-corrected chi connectivity index (χ3v) is 6.66. The Morgan fingerprint density at radius 3 is 2.43 bits per heavy atom. The molecule has 0 bridgehead atoms. The van der Waals surface area contributed by atoms with E-state index in [2.05, 4.69) is 0 Å². The molecule has 0 amide bonds. The van der Waals surface area contributed by atoms with Gasteiger partial charge in [0.25, 0.3) is 10.0 Å². The topological polar surface area (TPSA) is 57.6 Å². The maximum atomic E-state index is 12.9. The smallest absolute Gasteiger partial charge is 0.265 e. The van der Waals surface area contributed by atoms with Crippen LogP contribution >= 0.6 is 11.3 Å². The molecule has 114 valence electrons. The first kappa shape index (κ1) is 16.0. The summed E-state index contributed by atoms with van der Waals surface area (Å²) in [6, 6.07) is 5.65. The first-order chi connectivity index (χ1) is 9.78. The third-order valence-electron chi connectivity index (χ3n) is 3.44. The molecule has 0 saturated heterocycles. The van der Waals surface area contributed by atoms with Gasteiger partial charge in [0.15, 0.2) is 0 Å². The molecule has 0 saturated carbocycles. The van der Waals surface area contributed by atoms with Gasteiger partial charge in [0.05, 0.1) is 17.2 Å². The van der Waals surface area contributed by atoms with Crippen molar-refractivity contribution in [2.75, 3.05) is 11.4 Å². The minimum atomic E-state index is -3.67. The summed E-state index contributed by atoms with van der Waals surface area (Å²) in [7, 11) is -2.13. The van der Waals surface area contributed by atoms with Crippen LogP contribution in [0.4, 0.5) is 5.69 Å². The molecule has 2 rings (SSSR count). The summed E-state index contributed by atoms with van der Waals surface area (Å²) in [6.07, 6.45) is 0. The zero-order valence-electron chi connectivity index (χ0n) is 12.5. The minimum absolute atomic E-state index is 0.220. The minimum Gasteiger partial charge on any atom is -0.391 e. The van der Waals surface area contributed by atoms with Gasteiger partial charge in [-0.2, -0.15) is 0 Å². The number of thiophene rings is 1. The van der Waals surface area contributed by atoms with E-state index in [-0.39, 0.29) is 11.5 Å². The lowest BCUT2D eigenvalue weighted by molar-refractivity contribution is 0.282. The monoisotopic (exact) mass is 325 g/mol. The molecule has 0 aliphatic rings. The molecule has 0 spiro atoms. The second-order valence-electron chi connectivity index (χ2n) is 5.09.